The standard InChI is InChI=1S/C14H17IN4O/c1-10-13(15)14(20)18(9-16-10)8-11-6-7-19(17-11)12-4-2-3-5-12/h6-7,9,12H,2-5,8H2,1H3. The van der Waals surface area contributed by atoms with Gasteiger partial charge in [-0.05, 0) is 48.4 Å². The topological polar surface area (TPSA) is 52.7 Å². The van der Waals surface area contributed by atoms with Gasteiger partial charge in [-0.15, -0.1) is 0 Å². The molecule has 0 aromatic carbocycles. The molecule has 1 aliphatic carbocycles. The van der Waals surface area contributed by atoms with Crippen LogP contribution in [0, 0.1) is 10.5 Å². The fourth-order valence-corrected chi connectivity index (χ4v) is 3.12. The molecule has 2 aromatic heterocycles. The maximum atomic E-state index is 12.1. The van der Waals surface area contributed by atoms with E-state index >= 15 is 0 Å². The van der Waals surface area contributed by atoms with Crippen LogP contribution in [0.1, 0.15) is 43.1 Å². The summed E-state index contributed by atoms with van der Waals surface area (Å²) in [6.07, 6.45) is 8.65. The van der Waals surface area contributed by atoms with Crippen molar-refractivity contribution in [1.29, 1.82) is 0 Å². The van der Waals surface area contributed by atoms with Gasteiger partial charge >= 0.3 is 0 Å². The van der Waals surface area contributed by atoms with Crippen LogP contribution in [0.3, 0.4) is 0 Å². The zero-order valence-corrected chi connectivity index (χ0v) is 13.6. The molecule has 3 rings (SSSR count). The van der Waals surface area contributed by atoms with E-state index in [-0.39, 0.29) is 5.56 Å². The Morgan fingerprint density at radius 3 is 2.90 bits per heavy atom. The van der Waals surface area contributed by atoms with E-state index in [1.165, 1.54) is 25.7 Å². The van der Waals surface area contributed by atoms with E-state index in [0.717, 1.165) is 11.4 Å². The van der Waals surface area contributed by atoms with Crippen molar-refractivity contribution >= 4 is 22.6 Å². The first kappa shape index (κ1) is 13.8. The average molecular weight is 384 g/mol. The summed E-state index contributed by atoms with van der Waals surface area (Å²) in [4.78, 5) is 16.4. The van der Waals surface area contributed by atoms with Gasteiger partial charge in [-0.25, -0.2) is 4.98 Å². The molecule has 0 bridgehead atoms. The normalized spacial score (nSPS) is 15.9. The summed E-state index contributed by atoms with van der Waals surface area (Å²) in [6.45, 7) is 2.34. The second kappa shape index (κ2) is 5.67. The number of rotatable bonds is 3. The number of hydrogen-bond donors (Lipinski definition) is 0. The van der Waals surface area contributed by atoms with Crippen molar-refractivity contribution in [3.05, 3.63) is 43.9 Å². The van der Waals surface area contributed by atoms with E-state index in [9.17, 15) is 4.79 Å². The summed E-state index contributed by atoms with van der Waals surface area (Å²) in [5, 5.41) is 4.61. The summed E-state index contributed by atoms with van der Waals surface area (Å²) >= 11 is 2.05. The second-order valence-electron chi connectivity index (χ2n) is 5.30. The lowest BCUT2D eigenvalue weighted by molar-refractivity contribution is 0.461. The molecule has 1 saturated carbocycles. The molecule has 20 heavy (non-hydrogen) atoms. The van der Waals surface area contributed by atoms with Crippen LogP contribution >= 0.6 is 22.6 Å². The van der Waals surface area contributed by atoms with Crippen molar-refractivity contribution in [2.24, 2.45) is 0 Å². The summed E-state index contributed by atoms with van der Waals surface area (Å²) < 4.78 is 4.36. The molecule has 0 amide bonds. The minimum Gasteiger partial charge on any atom is -0.292 e. The molecule has 0 atom stereocenters. The Balaban J connectivity index is 1.81. The molecule has 6 heteroatoms. The van der Waals surface area contributed by atoms with Crippen molar-refractivity contribution in [3.8, 4) is 0 Å². The minimum atomic E-state index is 0.00789. The fraction of sp³-hybridized carbons (Fsp3) is 0.500. The summed E-state index contributed by atoms with van der Waals surface area (Å²) in [6, 6.07) is 2.54. The third-order valence-corrected chi connectivity index (χ3v) is 5.09. The lowest BCUT2D eigenvalue weighted by Crippen LogP contribution is -2.24. The summed E-state index contributed by atoms with van der Waals surface area (Å²) in [5.74, 6) is 0. The van der Waals surface area contributed by atoms with Crippen molar-refractivity contribution < 1.29 is 0 Å². The zero-order chi connectivity index (χ0) is 14.1. The molecule has 1 aliphatic rings. The molecular formula is C14H17IN4O. The molecule has 2 aromatic rings. The number of hydrogen-bond acceptors (Lipinski definition) is 3. The Morgan fingerprint density at radius 2 is 2.15 bits per heavy atom. The highest BCUT2D eigenvalue weighted by molar-refractivity contribution is 14.1. The van der Waals surface area contributed by atoms with Gasteiger partial charge in [0.2, 0.25) is 0 Å². The highest BCUT2D eigenvalue weighted by Crippen LogP contribution is 2.28. The third-order valence-electron chi connectivity index (χ3n) is 3.85. The molecular weight excluding hydrogens is 367 g/mol. The van der Waals surface area contributed by atoms with E-state index in [0.29, 0.717) is 16.2 Å². The second-order valence-corrected chi connectivity index (χ2v) is 6.38. The van der Waals surface area contributed by atoms with Crippen LogP contribution in [0.15, 0.2) is 23.4 Å². The Morgan fingerprint density at radius 1 is 1.40 bits per heavy atom. The SMILES string of the molecule is Cc1ncn(Cc2ccn(C3CCCC3)n2)c(=O)c1I. The number of nitrogens with zero attached hydrogens (tertiary/aromatic N) is 4. The van der Waals surface area contributed by atoms with Crippen LogP contribution < -0.4 is 5.56 Å². The van der Waals surface area contributed by atoms with Crippen LogP contribution in [-0.2, 0) is 6.54 Å². The molecule has 0 spiro atoms. The number of halogens is 1. The molecule has 0 N–H and O–H groups in total. The molecule has 0 radical (unpaired) electrons. The summed E-state index contributed by atoms with van der Waals surface area (Å²) in [7, 11) is 0. The number of aromatic nitrogens is 4. The van der Waals surface area contributed by atoms with Crippen LogP contribution in [0.4, 0.5) is 0 Å². The van der Waals surface area contributed by atoms with Crippen LogP contribution in [0.25, 0.3) is 0 Å². The largest absolute Gasteiger partial charge is 0.292 e. The smallest absolute Gasteiger partial charge is 0.267 e. The molecule has 0 saturated heterocycles. The maximum Gasteiger partial charge on any atom is 0.267 e. The van der Waals surface area contributed by atoms with E-state index < -0.39 is 0 Å². The van der Waals surface area contributed by atoms with E-state index in [1.54, 1.807) is 10.9 Å². The average Bonchev–Trinajstić information content (AvgIpc) is 3.10. The van der Waals surface area contributed by atoms with Crippen molar-refractivity contribution in [3.63, 3.8) is 0 Å². The van der Waals surface area contributed by atoms with Crippen LogP contribution in [0.2, 0.25) is 0 Å². The predicted octanol–water partition coefficient (Wildman–Crippen LogP) is 2.52. The van der Waals surface area contributed by atoms with Gasteiger partial charge in [-0.2, -0.15) is 5.10 Å². The maximum absolute atomic E-state index is 12.1. The third kappa shape index (κ3) is 2.65. The first-order valence-electron chi connectivity index (χ1n) is 6.91. The highest BCUT2D eigenvalue weighted by Gasteiger charge is 2.17. The van der Waals surface area contributed by atoms with Crippen molar-refractivity contribution in [2.75, 3.05) is 0 Å². The van der Waals surface area contributed by atoms with Crippen LogP contribution in [0.5, 0.6) is 0 Å². The Labute approximate surface area is 131 Å². The molecule has 106 valence electrons. The van der Waals surface area contributed by atoms with Crippen molar-refractivity contribution in [1.82, 2.24) is 19.3 Å². The fourth-order valence-electron chi connectivity index (χ4n) is 2.67. The molecule has 0 unspecified atom stereocenters. The molecule has 5 nitrogen and oxygen atoms in total. The Hall–Kier alpha value is -1.18. The van der Waals surface area contributed by atoms with Gasteiger partial charge in [0.1, 0.15) is 0 Å². The highest BCUT2D eigenvalue weighted by atomic mass is 127. The Kier molecular flexibility index (Phi) is 3.91. The van der Waals surface area contributed by atoms with E-state index in [1.807, 2.05) is 19.2 Å². The van der Waals surface area contributed by atoms with Gasteiger partial charge < -0.3 is 0 Å². The first-order valence-corrected chi connectivity index (χ1v) is 7.98. The van der Waals surface area contributed by atoms with Gasteiger partial charge in [-0.3, -0.25) is 14.0 Å². The van der Waals surface area contributed by atoms with E-state index in [2.05, 4.69) is 37.4 Å². The Bertz CT molecular complexity index is 670. The first-order chi connectivity index (χ1) is 9.65. The molecule has 2 heterocycles. The van der Waals surface area contributed by atoms with E-state index in [4.69, 9.17) is 0 Å². The molecule has 1 fully saturated rings. The minimum absolute atomic E-state index is 0.00789. The van der Waals surface area contributed by atoms with Crippen LogP contribution in [-0.4, -0.2) is 19.3 Å². The quantitative estimate of drug-likeness (QED) is 0.765. The monoisotopic (exact) mass is 384 g/mol. The zero-order valence-electron chi connectivity index (χ0n) is 11.4. The van der Waals surface area contributed by atoms with Crippen molar-refractivity contribution in [2.45, 2.75) is 45.2 Å². The lowest BCUT2D eigenvalue weighted by atomic mass is 10.3. The van der Waals surface area contributed by atoms with Gasteiger partial charge in [0.15, 0.2) is 0 Å². The van der Waals surface area contributed by atoms with Gasteiger partial charge in [0.05, 0.1) is 33.9 Å². The summed E-state index contributed by atoms with van der Waals surface area (Å²) in [5.41, 5.74) is 1.71. The number of aryl methyl sites for hydroxylation is 1. The molecule has 0 aliphatic heterocycles. The predicted molar refractivity (Wildman–Crippen MR) is 84.8 cm³/mol. The van der Waals surface area contributed by atoms with Gasteiger partial charge in [0.25, 0.3) is 5.56 Å². The van der Waals surface area contributed by atoms with Gasteiger partial charge in [0, 0.05) is 6.20 Å². The lowest BCUT2D eigenvalue weighted by Gasteiger charge is -2.09. The van der Waals surface area contributed by atoms with Gasteiger partial charge in [-0.1, -0.05) is 12.8 Å².